The molecule has 1 aliphatic rings. The second kappa shape index (κ2) is 5.98. The summed E-state index contributed by atoms with van der Waals surface area (Å²) in [4.78, 5) is 4.24. The van der Waals surface area contributed by atoms with Gasteiger partial charge in [-0.15, -0.1) is 0 Å². The standard InChI is InChI=1S/C13H23N3O3/c1-10(2)16-12(14-9-15-16)8-11(17)13(18-3)4-6-19-7-5-13/h9-11,17H,4-8H2,1-3H3. The molecule has 1 aliphatic heterocycles. The lowest BCUT2D eigenvalue weighted by Crippen LogP contribution is -2.49. The molecule has 19 heavy (non-hydrogen) atoms. The van der Waals surface area contributed by atoms with Gasteiger partial charge in [0.05, 0.1) is 11.7 Å². The van der Waals surface area contributed by atoms with Crippen molar-refractivity contribution < 1.29 is 14.6 Å². The number of ether oxygens (including phenoxy) is 2. The van der Waals surface area contributed by atoms with E-state index in [0.717, 1.165) is 5.82 Å². The van der Waals surface area contributed by atoms with Gasteiger partial charge in [0, 0.05) is 45.6 Å². The molecule has 1 aromatic rings. The van der Waals surface area contributed by atoms with Gasteiger partial charge in [-0.3, -0.25) is 0 Å². The third-order valence-electron chi connectivity index (χ3n) is 3.87. The predicted octanol–water partition coefficient (Wildman–Crippen LogP) is 0.958. The van der Waals surface area contributed by atoms with Crippen molar-refractivity contribution in [2.45, 2.75) is 50.9 Å². The molecule has 0 spiro atoms. The van der Waals surface area contributed by atoms with Gasteiger partial charge in [-0.2, -0.15) is 5.10 Å². The molecule has 1 aromatic heterocycles. The molecule has 0 aliphatic carbocycles. The van der Waals surface area contributed by atoms with Crippen LogP contribution in [0.4, 0.5) is 0 Å². The first-order valence-corrected chi connectivity index (χ1v) is 6.78. The van der Waals surface area contributed by atoms with E-state index < -0.39 is 11.7 Å². The Bertz CT molecular complexity index is 400. The van der Waals surface area contributed by atoms with E-state index in [1.165, 1.54) is 6.33 Å². The van der Waals surface area contributed by atoms with Gasteiger partial charge in [0.2, 0.25) is 0 Å². The zero-order chi connectivity index (χ0) is 13.9. The Hall–Kier alpha value is -0.980. The number of hydrogen-bond acceptors (Lipinski definition) is 5. The molecule has 0 aromatic carbocycles. The first kappa shape index (κ1) is 14.4. The molecule has 108 valence electrons. The maximum absolute atomic E-state index is 10.5. The average molecular weight is 269 g/mol. The number of nitrogens with zero attached hydrogens (tertiary/aromatic N) is 3. The van der Waals surface area contributed by atoms with Gasteiger partial charge in [-0.25, -0.2) is 9.67 Å². The Labute approximate surface area is 113 Å². The zero-order valence-electron chi connectivity index (χ0n) is 11.9. The molecule has 1 saturated heterocycles. The summed E-state index contributed by atoms with van der Waals surface area (Å²) in [6.07, 6.45) is 2.81. The van der Waals surface area contributed by atoms with Gasteiger partial charge in [0.25, 0.3) is 0 Å². The van der Waals surface area contributed by atoms with Crippen LogP contribution in [0.15, 0.2) is 6.33 Å². The van der Waals surface area contributed by atoms with Crippen LogP contribution in [0.2, 0.25) is 0 Å². The summed E-state index contributed by atoms with van der Waals surface area (Å²) in [5.41, 5.74) is -0.522. The van der Waals surface area contributed by atoms with Crippen LogP contribution >= 0.6 is 0 Å². The molecule has 6 heteroatoms. The molecule has 0 saturated carbocycles. The fourth-order valence-electron chi connectivity index (χ4n) is 2.60. The van der Waals surface area contributed by atoms with Crippen LogP contribution in [0.5, 0.6) is 0 Å². The van der Waals surface area contributed by atoms with Crippen molar-refractivity contribution >= 4 is 0 Å². The number of aliphatic hydroxyl groups is 1. The van der Waals surface area contributed by atoms with Crippen LogP contribution in [0, 0.1) is 0 Å². The first-order chi connectivity index (χ1) is 9.09. The highest BCUT2D eigenvalue weighted by atomic mass is 16.5. The number of aliphatic hydroxyl groups excluding tert-OH is 1. The van der Waals surface area contributed by atoms with Crippen LogP contribution in [0.1, 0.15) is 38.6 Å². The van der Waals surface area contributed by atoms with Crippen molar-refractivity contribution in [2.75, 3.05) is 20.3 Å². The van der Waals surface area contributed by atoms with Crippen molar-refractivity contribution in [3.8, 4) is 0 Å². The lowest BCUT2D eigenvalue weighted by molar-refractivity contribution is -0.152. The number of rotatable bonds is 5. The number of methoxy groups -OCH3 is 1. The van der Waals surface area contributed by atoms with E-state index in [1.807, 2.05) is 18.5 Å². The van der Waals surface area contributed by atoms with Crippen molar-refractivity contribution in [3.05, 3.63) is 12.2 Å². The molecule has 0 radical (unpaired) electrons. The van der Waals surface area contributed by atoms with Crippen LogP contribution in [-0.2, 0) is 15.9 Å². The third-order valence-corrected chi connectivity index (χ3v) is 3.87. The van der Waals surface area contributed by atoms with E-state index >= 15 is 0 Å². The van der Waals surface area contributed by atoms with E-state index in [2.05, 4.69) is 10.1 Å². The molecule has 6 nitrogen and oxygen atoms in total. The van der Waals surface area contributed by atoms with Crippen LogP contribution in [0.3, 0.4) is 0 Å². The molecule has 0 amide bonds. The minimum absolute atomic E-state index is 0.234. The molecule has 2 heterocycles. The maximum Gasteiger partial charge on any atom is 0.138 e. The van der Waals surface area contributed by atoms with Crippen LogP contribution < -0.4 is 0 Å². The number of aromatic nitrogens is 3. The topological polar surface area (TPSA) is 69.4 Å². The van der Waals surface area contributed by atoms with Gasteiger partial charge in [-0.05, 0) is 13.8 Å². The fraction of sp³-hybridized carbons (Fsp3) is 0.846. The summed E-state index contributed by atoms with van der Waals surface area (Å²) in [5, 5.41) is 14.7. The van der Waals surface area contributed by atoms with E-state index in [4.69, 9.17) is 9.47 Å². The maximum atomic E-state index is 10.5. The third kappa shape index (κ3) is 2.96. The van der Waals surface area contributed by atoms with E-state index in [1.54, 1.807) is 7.11 Å². The van der Waals surface area contributed by atoms with Crippen molar-refractivity contribution in [1.29, 1.82) is 0 Å². The first-order valence-electron chi connectivity index (χ1n) is 6.78. The summed E-state index contributed by atoms with van der Waals surface area (Å²) in [6.45, 7) is 5.35. The Morgan fingerprint density at radius 2 is 2.16 bits per heavy atom. The van der Waals surface area contributed by atoms with E-state index in [-0.39, 0.29) is 6.04 Å². The molecule has 1 atom stereocenters. The highest BCUT2D eigenvalue weighted by Crippen LogP contribution is 2.30. The molecular weight excluding hydrogens is 246 g/mol. The zero-order valence-corrected chi connectivity index (χ0v) is 11.9. The number of hydrogen-bond donors (Lipinski definition) is 1. The second-order valence-electron chi connectivity index (χ2n) is 5.32. The Balaban J connectivity index is 2.10. The van der Waals surface area contributed by atoms with Gasteiger partial charge in [-0.1, -0.05) is 0 Å². The summed E-state index contributed by atoms with van der Waals surface area (Å²) < 4.78 is 12.8. The van der Waals surface area contributed by atoms with Gasteiger partial charge in [0.1, 0.15) is 12.2 Å². The normalized spacial score (nSPS) is 20.7. The SMILES string of the molecule is COC1(C(O)Cc2ncnn2C(C)C)CCOCC1. The Morgan fingerprint density at radius 3 is 2.74 bits per heavy atom. The Morgan fingerprint density at radius 1 is 1.47 bits per heavy atom. The summed E-state index contributed by atoms with van der Waals surface area (Å²) in [5.74, 6) is 0.797. The predicted molar refractivity (Wildman–Crippen MR) is 69.9 cm³/mol. The smallest absolute Gasteiger partial charge is 0.138 e. The summed E-state index contributed by atoms with van der Waals surface area (Å²) in [7, 11) is 1.65. The molecule has 2 rings (SSSR count). The highest BCUT2D eigenvalue weighted by Gasteiger charge is 2.40. The second-order valence-corrected chi connectivity index (χ2v) is 5.32. The largest absolute Gasteiger partial charge is 0.390 e. The Kier molecular flexibility index (Phi) is 4.54. The van der Waals surface area contributed by atoms with Crippen molar-refractivity contribution in [2.24, 2.45) is 0 Å². The van der Waals surface area contributed by atoms with E-state index in [0.29, 0.717) is 32.5 Å². The lowest BCUT2D eigenvalue weighted by Gasteiger charge is -2.39. The van der Waals surface area contributed by atoms with Crippen LogP contribution in [-0.4, -0.2) is 51.9 Å². The molecule has 1 unspecified atom stereocenters. The summed E-state index contributed by atoms with van der Waals surface area (Å²) in [6, 6.07) is 0.234. The fourth-order valence-corrected chi connectivity index (χ4v) is 2.60. The molecule has 0 bridgehead atoms. The van der Waals surface area contributed by atoms with Crippen molar-refractivity contribution in [1.82, 2.24) is 14.8 Å². The van der Waals surface area contributed by atoms with Gasteiger partial charge < -0.3 is 14.6 Å². The molecular formula is C13H23N3O3. The lowest BCUT2D eigenvalue weighted by atomic mass is 9.86. The molecule has 1 fully saturated rings. The minimum atomic E-state index is -0.594. The highest BCUT2D eigenvalue weighted by molar-refractivity contribution is 4.98. The van der Waals surface area contributed by atoms with Gasteiger partial charge >= 0.3 is 0 Å². The van der Waals surface area contributed by atoms with Crippen molar-refractivity contribution in [3.63, 3.8) is 0 Å². The van der Waals surface area contributed by atoms with Gasteiger partial charge in [0.15, 0.2) is 0 Å². The van der Waals surface area contributed by atoms with Crippen LogP contribution in [0.25, 0.3) is 0 Å². The quantitative estimate of drug-likeness (QED) is 0.862. The summed E-state index contributed by atoms with van der Waals surface area (Å²) >= 11 is 0. The molecule has 1 N–H and O–H groups in total. The minimum Gasteiger partial charge on any atom is -0.390 e. The average Bonchev–Trinajstić information content (AvgIpc) is 2.87. The van der Waals surface area contributed by atoms with E-state index in [9.17, 15) is 5.11 Å². The monoisotopic (exact) mass is 269 g/mol.